The SMILES string of the molecule is CCCCCCCC(N)=O.CCC[SiH3]. The lowest BCUT2D eigenvalue weighted by molar-refractivity contribution is -0.118. The first kappa shape index (κ1) is 16.1. The van der Waals surface area contributed by atoms with Crippen molar-refractivity contribution in [3.05, 3.63) is 0 Å². The predicted octanol–water partition coefficient (Wildman–Crippen LogP) is 2.01. The Kier molecular flexibility index (Phi) is 17.5. The summed E-state index contributed by atoms with van der Waals surface area (Å²) in [6, 6.07) is 1.46. The van der Waals surface area contributed by atoms with E-state index in [1.165, 1.54) is 42.0 Å². The summed E-state index contributed by atoms with van der Waals surface area (Å²) in [7, 11) is 1.39. The summed E-state index contributed by atoms with van der Waals surface area (Å²) in [6.45, 7) is 4.39. The first-order valence-electron chi connectivity index (χ1n) is 5.97. The molecule has 0 aromatic rings. The van der Waals surface area contributed by atoms with Gasteiger partial charge in [-0.2, -0.15) is 0 Å². The number of rotatable bonds is 7. The zero-order valence-electron chi connectivity index (χ0n) is 10.1. The Bertz CT molecular complexity index is 116. The fourth-order valence-corrected chi connectivity index (χ4v) is 0.903. The monoisotopic (exact) mass is 217 g/mol. The topological polar surface area (TPSA) is 43.1 Å². The van der Waals surface area contributed by atoms with Crippen LogP contribution in [0, 0.1) is 0 Å². The molecule has 0 bridgehead atoms. The zero-order chi connectivity index (χ0) is 11.2. The van der Waals surface area contributed by atoms with Crippen molar-refractivity contribution in [2.45, 2.75) is 64.8 Å². The Morgan fingerprint density at radius 3 is 1.93 bits per heavy atom. The number of primary amides is 1. The van der Waals surface area contributed by atoms with Gasteiger partial charge in [0.25, 0.3) is 0 Å². The van der Waals surface area contributed by atoms with Gasteiger partial charge in [-0.25, -0.2) is 0 Å². The molecule has 0 rings (SSSR count). The van der Waals surface area contributed by atoms with Crippen molar-refractivity contribution in [3.63, 3.8) is 0 Å². The molecule has 86 valence electrons. The second kappa shape index (κ2) is 15.2. The minimum atomic E-state index is -0.170. The highest BCUT2D eigenvalue weighted by Gasteiger charge is 1.92. The van der Waals surface area contributed by atoms with Gasteiger partial charge in [-0.3, -0.25) is 4.79 Å². The minimum absolute atomic E-state index is 0.170. The van der Waals surface area contributed by atoms with Gasteiger partial charge >= 0.3 is 0 Å². The second-order valence-corrected chi connectivity index (χ2v) is 4.63. The van der Waals surface area contributed by atoms with E-state index in [1.807, 2.05) is 0 Å². The van der Waals surface area contributed by atoms with Crippen LogP contribution in [0.4, 0.5) is 0 Å². The predicted molar refractivity (Wildman–Crippen MR) is 67.6 cm³/mol. The van der Waals surface area contributed by atoms with Crippen LogP contribution in [-0.4, -0.2) is 16.1 Å². The summed E-state index contributed by atoms with van der Waals surface area (Å²) < 4.78 is 0. The number of amides is 1. The van der Waals surface area contributed by atoms with Crippen molar-refractivity contribution in [2.24, 2.45) is 5.73 Å². The molecule has 2 N–H and O–H groups in total. The van der Waals surface area contributed by atoms with Crippen LogP contribution >= 0.6 is 0 Å². The molecule has 0 atom stereocenters. The smallest absolute Gasteiger partial charge is 0.217 e. The van der Waals surface area contributed by atoms with Crippen LogP contribution in [0.5, 0.6) is 0 Å². The van der Waals surface area contributed by atoms with Crippen LogP contribution in [0.3, 0.4) is 0 Å². The summed E-state index contributed by atoms with van der Waals surface area (Å²) in [5.41, 5.74) is 4.97. The molecule has 0 saturated heterocycles. The molecular formula is C11H27NOSi. The summed E-state index contributed by atoms with van der Waals surface area (Å²) in [5, 5.41) is 0. The third-order valence-electron chi connectivity index (χ3n) is 2.03. The second-order valence-electron chi connectivity index (χ2n) is 3.63. The molecule has 0 aliphatic rings. The highest BCUT2D eigenvalue weighted by atomic mass is 28.1. The number of hydrogen-bond acceptors (Lipinski definition) is 1. The maximum absolute atomic E-state index is 10.3. The number of carbonyl (C=O) groups excluding carboxylic acids is 1. The lowest BCUT2D eigenvalue weighted by Crippen LogP contribution is -2.09. The maximum Gasteiger partial charge on any atom is 0.217 e. The molecule has 0 aromatic heterocycles. The standard InChI is InChI=1S/C8H17NO.C3H10Si/c1-2-3-4-5-6-7-8(9)10;1-2-3-4/h2-7H2,1H3,(H2,9,10);2-3H2,1,4H3. The molecule has 14 heavy (non-hydrogen) atoms. The van der Waals surface area contributed by atoms with Crippen LogP contribution in [0.15, 0.2) is 0 Å². The first-order chi connectivity index (χ1) is 6.68. The Morgan fingerprint density at radius 1 is 1.07 bits per heavy atom. The van der Waals surface area contributed by atoms with Gasteiger partial charge in [0.05, 0.1) is 0 Å². The van der Waals surface area contributed by atoms with Gasteiger partial charge in [-0.1, -0.05) is 52.0 Å². The number of hydrogen-bond donors (Lipinski definition) is 1. The Morgan fingerprint density at radius 2 is 1.57 bits per heavy atom. The number of unbranched alkanes of at least 4 members (excludes halogenated alkanes) is 4. The molecule has 0 aliphatic carbocycles. The molecule has 0 aliphatic heterocycles. The van der Waals surface area contributed by atoms with Crippen molar-refractivity contribution in [1.29, 1.82) is 0 Å². The Hall–Kier alpha value is -0.313. The van der Waals surface area contributed by atoms with Crippen LogP contribution < -0.4 is 5.73 Å². The fraction of sp³-hybridized carbons (Fsp3) is 0.909. The summed E-state index contributed by atoms with van der Waals surface area (Å²) >= 11 is 0. The molecule has 0 fully saturated rings. The average molecular weight is 217 g/mol. The third kappa shape index (κ3) is 22.6. The average Bonchev–Trinajstić information content (AvgIpc) is 2.18. The molecule has 0 heterocycles. The van der Waals surface area contributed by atoms with Gasteiger partial charge < -0.3 is 5.73 Å². The van der Waals surface area contributed by atoms with Crippen LogP contribution in [0.2, 0.25) is 6.04 Å². The minimum Gasteiger partial charge on any atom is -0.370 e. The highest BCUT2D eigenvalue weighted by Crippen LogP contribution is 2.03. The van der Waals surface area contributed by atoms with E-state index in [2.05, 4.69) is 13.8 Å². The van der Waals surface area contributed by atoms with Gasteiger partial charge in [0.1, 0.15) is 0 Å². The van der Waals surface area contributed by atoms with Crippen molar-refractivity contribution in [1.82, 2.24) is 0 Å². The van der Waals surface area contributed by atoms with E-state index in [4.69, 9.17) is 5.73 Å². The Labute approximate surface area is 92.1 Å². The van der Waals surface area contributed by atoms with E-state index in [0.717, 1.165) is 12.8 Å². The van der Waals surface area contributed by atoms with Gasteiger partial charge in [0.15, 0.2) is 0 Å². The molecule has 0 aromatic carbocycles. The van der Waals surface area contributed by atoms with Crippen molar-refractivity contribution in [3.8, 4) is 0 Å². The summed E-state index contributed by atoms with van der Waals surface area (Å²) in [5.74, 6) is -0.170. The summed E-state index contributed by atoms with van der Waals surface area (Å²) in [6.07, 6.45) is 7.82. The molecule has 0 unspecified atom stereocenters. The van der Waals surface area contributed by atoms with E-state index < -0.39 is 0 Å². The quantitative estimate of drug-likeness (QED) is 0.514. The van der Waals surface area contributed by atoms with E-state index in [9.17, 15) is 4.79 Å². The van der Waals surface area contributed by atoms with Crippen LogP contribution in [-0.2, 0) is 4.79 Å². The van der Waals surface area contributed by atoms with Crippen LogP contribution in [0.1, 0.15) is 58.8 Å². The van der Waals surface area contributed by atoms with Gasteiger partial charge in [0, 0.05) is 16.7 Å². The Balaban J connectivity index is 0. The lowest BCUT2D eigenvalue weighted by atomic mass is 10.1. The third-order valence-corrected chi connectivity index (χ3v) is 3.03. The number of carbonyl (C=O) groups is 1. The van der Waals surface area contributed by atoms with E-state index in [-0.39, 0.29) is 5.91 Å². The molecule has 0 radical (unpaired) electrons. The lowest BCUT2D eigenvalue weighted by Gasteiger charge is -1.95. The molecule has 3 heteroatoms. The summed E-state index contributed by atoms with van der Waals surface area (Å²) in [4.78, 5) is 10.3. The molecule has 0 saturated carbocycles. The normalized spacial score (nSPS) is 9.29. The van der Waals surface area contributed by atoms with Gasteiger partial charge in [-0.15, -0.1) is 0 Å². The van der Waals surface area contributed by atoms with Crippen LogP contribution in [0.25, 0.3) is 0 Å². The van der Waals surface area contributed by atoms with Crippen molar-refractivity contribution in [2.75, 3.05) is 0 Å². The largest absolute Gasteiger partial charge is 0.370 e. The highest BCUT2D eigenvalue weighted by molar-refractivity contribution is 6.08. The van der Waals surface area contributed by atoms with E-state index >= 15 is 0 Å². The van der Waals surface area contributed by atoms with Gasteiger partial charge in [0.2, 0.25) is 5.91 Å². The molecule has 2 nitrogen and oxygen atoms in total. The maximum atomic E-state index is 10.3. The zero-order valence-corrected chi connectivity index (χ0v) is 12.1. The van der Waals surface area contributed by atoms with Gasteiger partial charge in [-0.05, 0) is 6.42 Å². The molecule has 0 spiro atoms. The fourth-order valence-electron chi connectivity index (χ4n) is 0.903. The van der Waals surface area contributed by atoms with E-state index in [0.29, 0.717) is 6.42 Å². The van der Waals surface area contributed by atoms with Crippen molar-refractivity contribution < 1.29 is 4.79 Å². The van der Waals surface area contributed by atoms with E-state index in [1.54, 1.807) is 0 Å². The molecule has 1 amide bonds. The van der Waals surface area contributed by atoms with Crippen molar-refractivity contribution >= 4 is 16.1 Å². The number of nitrogens with two attached hydrogens (primary N) is 1. The first-order valence-corrected chi connectivity index (χ1v) is 7.38. The molecular weight excluding hydrogens is 190 g/mol.